The maximum absolute atomic E-state index is 5.87. The SMILES string of the molecule is Cc1cc(Nc2ccc(OC(C)C)cc2)c(Br)cc1N. The molecule has 0 saturated carbocycles. The third kappa shape index (κ3) is 3.67. The van der Waals surface area contributed by atoms with Gasteiger partial charge in [-0.1, -0.05) is 0 Å². The molecule has 0 saturated heterocycles. The van der Waals surface area contributed by atoms with Crippen LogP contribution < -0.4 is 15.8 Å². The summed E-state index contributed by atoms with van der Waals surface area (Å²) in [6, 6.07) is 11.8. The maximum atomic E-state index is 5.87. The molecule has 0 aliphatic rings. The first-order valence-electron chi connectivity index (χ1n) is 6.55. The lowest BCUT2D eigenvalue weighted by Gasteiger charge is -2.13. The summed E-state index contributed by atoms with van der Waals surface area (Å²) in [6.07, 6.45) is 0.183. The topological polar surface area (TPSA) is 47.3 Å². The zero-order chi connectivity index (χ0) is 14.7. The van der Waals surface area contributed by atoms with E-state index < -0.39 is 0 Å². The molecule has 106 valence electrons. The number of rotatable bonds is 4. The highest BCUT2D eigenvalue weighted by Crippen LogP contribution is 2.30. The van der Waals surface area contributed by atoms with Crippen LogP contribution >= 0.6 is 15.9 Å². The second-order valence-electron chi connectivity index (χ2n) is 5.00. The van der Waals surface area contributed by atoms with Crippen molar-refractivity contribution in [2.24, 2.45) is 0 Å². The first-order valence-corrected chi connectivity index (χ1v) is 7.34. The molecule has 0 fully saturated rings. The monoisotopic (exact) mass is 334 g/mol. The van der Waals surface area contributed by atoms with Gasteiger partial charge >= 0.3 is 0 Å². The molecule has 0 atom stereocenters. The number of nitrogens with two attached hydrogens (primary N) is 1. The van der Waals surface area contributed by atoms with Gasteiger partial charge in [0.2, 0.25) is 0 Å². The van der Waals surface area contributed by atoms with E-state index >= 15 is 0 Å². The summed E-state index contributed by atoms with van der Waals surface area (Å²) in [5.41, 5.74) is 9.71. The number of hydrogen-bond donors (Lipinski definition) is 2. The van der Waals surface area contributed by atoms with E-state index in [1.165, 1.54) is 0 Å². The van der Waals surface area contributed by atoms with Gasteiger partial charge in [0.1, 0.15) is 5.75 Å². The molecule has 2 rings (SSSR count). The number of halogens is 1. The molecule has 0 bridgehead atoms. The molecule has 2 aromatic carbocycles. The van der Waals surface area contributed by atoms with Gasteiger partial charge in [-0.25, -0.2) is 0 Å². The molecular weight excluding hydrogens is 316 g/mol. The van der Waals surface area contributed by atoms with Gasteiger partial charge in [0.25, 0.3) is 0 Å². The van der Waals surface area contributed by atoms with E-state index in [0.29, 0.717) is 0 Å². The quantitative estimate of drug-likeness (QED) is 0.784. The van der Waals surface area contributed by atoms with Crippen molar-refractivity contribution in [3.8, 4) is 5.75 Å². The summed E-state index contributed by atoms with van der Waals surface area (Å²) in [5.74, 6) is 0.873. The minimum atomic E-state index is 0.183. The smallest absolute Gasteiger partial charge is 0.119 e. The van der Waals surface area contributed by atoms with Crippen LogP contribution in [-0.2, 0) is 0 Å². The van der Waals surface area contributed by atoms with Gasteiger partial charge in [0, 0.05) is 15.8 Å². The minimum absolute atomic E-state index is 0.183. The number of aryl methyl sites for hydroxylation is 1. The van der Waals surface area contributed by atoms with E-state index in [1.807, 2.05) is 57.2 Å². The van der Waals surface area contributed by atoms with Crippen molar-refractivity contribution in [1.82, 2.24) is 0 Å². The molecule has 0 aromatic heterocycles. The Kier molecular flexibility index (Phi) is 4.55. The zero-order valence-corrected chi connectivity index (χ0v) is 13.5. The van der Waals surface area contributed by atoms with E-state index in [4.69, 9.17) is 10.5 Å². The zero-order valence-electron chi connectivity index (χ0n) is 11.9. The second kappa shape index (κ2) is 6.18. The fraction of sp³-hybridized carbons (Fsp3) is 0.250. The molecule has 0 amide bonds. The fourth-order valence-electron chi connectivity index (χ4n) is 1.84. The van der Waals surface area contributed by atoms with Crippen molar-refractivity contribution in [2.75, 3.05) is 11.1 Å². The Balaban J connectivity index is 2.16. The molecule has 3 N–H and O–H groups in total. The fourth-order valence-corrected chi connectivity index (χ4v) is 2.30. The van der Waals surface area contributed by atoms with Gasteiger partial charge in [-0.2, -0.15) is 0 Å². The lowest BCUT2D eigenvalue weighted by molar-refractivity contribution is 0.242. The second-order valence-corrected chi connectivity index (χ2v) is 5.86. The molecule has 4 heteroatoms. The van der Waals surface area contributed by atoms with E-state index in [0.717, 1.165) is 32.8 Å². The van der Waals surface area contributed by atoms with Crippen molar-refractivity contribution in [2.45, 2.75) is 26.9 Å². The van der Waals surface area contributed by atoms with Crippen LogP contribution in [-0.4, -0.2) is 6.10 Å². The van der Waals surface area contributed by atoms with Crippen LogP contribution in [0.2, 0.25) is 0 Å². The summed E-state index contributed by atoms with van der Waals surface area (Å²) in [5, 5.41) is 3.36. The van der Waals surface area contributed by atoms with Gasteiger partial charge in [-0.15, -0.1) is 0 Å². The van der Waals surface area contributed by atoms with Crippen molar-refractivity contribution < 1.29 is 4.74 Å². The van der Waals surface area contributed by atoms with Crippen LogP contribution in [0.5, 0.6) is 5.75 Å². The van der Waals surface area contributed by atoms with Crippen LogP contribution in [0, 0.1) is 6.92 Å². The molecule has 3 nitrogen and oxygen atoms in total. The molecule has 2 aromatic rings. The summed E-state index contributed by atoms with van der Waals surface area (Å²) < 4.78 is 6.57. The summed E-state index contributed by atoms with van der Waals surface area (Å²) >= 11 is 3.52. The third-order valence-corrected chi connectivity index (χ3v) is 3.52. The number of nitrogen functional groups attached to an aromatic ring is 1. The molecule has 0 aliphatic carbocycles. The van der Waals surface area contributed by atoms with Crippen molar-refractivity contribution >= 4 is 33.0 Å². The standard InChI is InChI=1S/C16H19BrN2O/c1-10(2)20-13-6-4-12(5-7-13)19-16-8-11(3)15(18)9-14(16)17/h4-10,19H,18H2,1-3H3. The van der Waals surface area contributed by atoms with Gasteiger partial charge in [-0.3, -0.25) is 0 Å². The first-order chi connectivity index (χ1) is 9.45. The Bertz CT molecular complexity index is 594. The van der Waals surface area contributed by atoms with Crippen molar-refractivity contribution in [3.63, 3.8) is 0 Å². The Hall–Kier alpha value is -1.68. The minimum Gasteiger partial charge on any atom is -0.491 e. The third-order valence-electron chi connectivity index (χ3n) is 2.86. The molecule has 0 heterocycles. The molecular formula is C16H19BrN2O. The van der Waals surface area contributed by atoms with E-state index in [-0.39, 0.29) is 6.10 Å². The predicted octanol–water partition coefficient (Wildman–Crippen LogP) is 4.87. The lowest BCUT2D eigenvalue weighted by Crippen LogP contribution is -2.05. The van der Waals surface area contributed by atoms with Crippen molar-refractivity contribution in [1.29, 1.82) is 0 Å². The Morgan fingerprint density at radius 3 is 2.40 bits per heavy atom. The van der Waals surface area contributed by atoms with Gasteiger partial charge in [-0.05, 0) is 78.7 Å². The molecule has 0 aliphatic heterocycles. The summed E-state index contributed by atoms with van der Waals surface area (Å²) in [6.45, 7) is 6.02. The van der Waals surface area contributed by atoms with Crippen LogP contribution in [0.1, 0.15) is 19.4 Å². The molecule has 0 radical (unpaired) electrons. The Morgan fingerprint density at radius 2 is 1.80 bits per heavy atom. The average molecular weight is 335 g/mol. The molecule has 0 unspecified atom stereocenters. The van der Waals surface area contributed by atoms with Crippen molar-refractivity contribution in [3.05, 3.63) is 46.4 Å². The highest BCUT2D eigenvalue weighted by Gasteiger charge is 2.04. The predicted molar refractivity (Wildman–Crippen MR) is 88.8 cm³/mol. The average Bonchev–Trinajstić information content (AvgIpc) is 2.37. The van der Waals surface area contributed by atoms with Crippen LogP contribution in [0.3, 0.4) is 0 Å². The Labute approximate surface area is 128 Å². The Morgan fingerprint density at radius 1 is 1.15 bits per heavy atom. The van der Waals surface area contributed by atoms with Crippen LogP contribution in [0.15, 0.2) is 40.9 Å². The van der Waals surface area contributed by atoms with E-state index in [9.17, 15) is 0 Å². The van der Waals surface area contributed by atoms with Crippen LogP contribution in [0.4, 0.5) is 17.1 Å². The highest BCUT2D eigenvalue weighted by molar-refractivity contribution is 9.10. The highest BCUT2D eigenvalue weighted by atomic mass is 79.9. The van der Waals surface area contributed by atoms with Crippen LogP contribution in [0.25, 0.3) is 0 Å². The van der Waals surface area contributed by atoms with Gasteiger partial charge < -0.3 is 15.8 Å². The molecule has 20 heavy (non-hydrogen) atoms. The number of anilines is 3. The first kappa shape index (κ1) is 14.7. The van der Waals surface area contributed by atoms with Gasteiger partial charge in [0.05, 0.1) is 11.8 Å². The van der Waals surface area contributed by atoms with E-state index in [1.54, 1.807) is 0 Å². The largest absolute Gasteiger partial charge is 0.491 e. The number of ether oxygens (including phenoxy) is 1. The lowest BCUT2D eigenvalue weighted by atomic mass is 10.2. The molecule has 0 spiro atoms. The summed E-state index contributed by atoms with van der Waals surface area (Å²) in [7, 11) is 0. The summed E-state index contributed by atoms with van der Waals surface area (Å²) in [4.78, 5) is 0. The number of hydrogen-bond acceptors (Lipinski definition) is 3. The number of benzene rings is 2. The normalized spacial score (nSPS) is 10.7. The van der Waals surface area contributed by atoms with E-state index in [2.05, 4.69) is 21.2 Å². The maximum Gasteiger partial charge on any atom is 0.119 e. The number of nitrogens with one attached hydrogen (secondary N) is 1. The van der Waals surface area contributed by atoms with Gasteiger partial charge in [0.15, 0.2) is 0 Å².